The third-order valence-corrected chi connectivity index (χ3v) is 4.45. The first-order valence-corrected chi connectivity index (χ1v) is 7.76. The third-order valence-electron chi connectivity index (χ3n) is 4.45. The number of hydrogen-bond acceptors (Lipinski definition) is 5. The van der Waals surface area contributed by atoms with Gasteiger partial charge in [-0.1, -0.05) is 19.0 Å². The van der Waals surface area contributed by atoms with E-state index in [1.807, 2.05) is 13.8 Å². The molecule has 6 nitrogen and oxygen atoms in total. The fourth-order valence-electron chi connectivity index (χ4n) is 2.96. The molecule has 1 saturated heterocycles. The molecule has 22 heavy (non-hydrogen) atoms. The molecule has 0 bridgehead atoms. The van der Waals surface area contributed by atoms with Gasteiger partial charge in [-0.2, -0.15) is 0 Å². The first-order chi connectivity index (χ1) is 10.4. The minimum atomic E-state index is -0.592. The Morgan fingerprint density at radius 2 is 2.23 bits per heavy atom. The van der Waals surface area contributed by atoms with E-state index in [1.165, 1.54) is 0 Å². The lowest BCUT2D eigenvalue weighted by molar-refractivity contribution is -0.157. The van der Waals surface area contributed by atoms with Gasteiger partial charge in [-0.05, 0) is 26.2 Å². The second kappa shape index (κ2) is 6.50. The Hall–Kier alpha value is -1.85. The van der Waals surface area contributed by atoms with E-state index < -0.39 is 5.41 Å². The van der Waals surface area contributed by atoms with Gasteiger partial charge in [0.25, 0.3) is 0 Å². The summed E-state index contributed by atoms with van der Waals surface area (Å²) in [5.41, 5.74) is 0.0338. The van der Waals surface area contributed by atoms with Crippen molar-refractivity contribution in [2.24, 2.45) is 11.3 Å². The van der Waals surface area contributed by atoms with E-state index in [9.17, 15) is 9.59 Å². The second-order valence-electron chi connectivity index (χ2n) is 6.20. The quantitative estimate of drug-likeness (QED) is 0.778. The van der Waals surface area contributed by atoms with Crippen molar-refractivity contribution >= 4 is 11.9 Å². The molecule has 2 heterocycles. The van der Waals surface area contributed by atoms with Crippen LogP contribution in [0.1, 0.15) is 38.6 Å². The van der Waals surface area contributed by atoms with Crippen molar-refractivity contribution in [3.8, 4) is 0 Å². The molecule has 1 aliphatic rings. The van der Waals surface area contributed by atoms with Crippen LogP contribution >= 0.6 is 0 Å². The highest BCUT2D eigenvalue weighted by Crippen LogP contribution is 2.39. The predicted octanol–water partition coefficient (Wildman–Crippen LogP) is 1.96. The highest BCUT2D eigenvalue weighted by atomic mass is 16.5. The average Bonchev–Trinajstić information content (AvgIpc) is 3.06. The molecule has 1 aromatic rings. The summed E-state index contributed by atoms with van der Waals surface area (Å²) in [5.74, 6) is 0.587. The van der Waals surface area contributed by atoms with Gasteiger partial charge in [-0.3, -0.25) is 9.59 Å². The summed E-state index contributed by atoms with van der Waals surface area (Å²) in [6.07, 6.45) is 0.849. The van der Waals surface area contributed by atoms with Crippen LogP contribution in [-0.2, 0) is 20.7 Å². The molecule has 122 valence electrons. The van der Waals surface area contributed by atoms with Crippen LogP contribution in [0.4, 0.5) is 0 Å². The van der Waals surface area contributed by atoms with Crippen molar-refractivity contribution in [2.75, 3.05) is 19.7 Å². The number of aromatic nitrogens is 1. The van der Waals surface area contributed by atoms with Crippen LogP contribution in [0.25, 0.3) is 0 Å². The van der Waals surface area contributed by atoms with Crippen LogP contribution in [-0.4, -0.2) is 41.6 Å². The summed E-state index contributed by atoms with van der Waals surface area (Å²) >= 11 is 0. The van der Waals surface area contributed by atoms with Crippen LogP contribution in [0.5, 0.6) is 0 Å². The molecular formula is C16H24N2O4. The van der Waals surface area contributed by atoms with Crippen molar-refractivity contribution < 1.29 is 18.8 Å². The zero-order valence-corrected chi connectivity index (χ0v) is 13.7. The zero-order chi connectivity index (χ0) is 16.3. The van der Waals surface area contributed by atoms with Gasteiger partial charge in [0, 0.05) is 19.2 Å². The van der Waals surface area contributed by atoms with Gasteiger partial charge in [-0.15, -0.1) is 0 Å². The van der Waals surface area contributed by atoms with E-state index in [0.717, 1.165) is 0 Å². The first kappa shape index (κ1) is 16.5. The fraction of sp³-hybridized carbons (Fsp3) is 0.688. The molecule has 0 saturated carbocycles. The van der Waals surface area contributed by atoms with Gasteiger partial charge in [0.15, 0.2) is 0 Å². The molecule has 6 heteroatoms. The Morgan fingerprint density at radius 3 is 2.77 bits per heavy atom. The normalized spacial score (nSPS) is 21.4. The van der Waals surface area contributed by atoms with Gasteiger partial charge >= 0.3 is 5.97 Å². The molecule has 1 amide bonds. The average molecular weight is 308 g/mol. The molecule has 0 aromatic carbocycles. The van der Waals surface area contributed by atoms with Crippen molar-refractivity contribution in [1.29, 1.82) is 0 Å². The number of nitrogens with zero attached hydrogens (tertiary/aromatic N) is 2. The minimum Gasteiger partial charge on any atom is -0.466 e. The SMILES string of the molecule is CCOC(=O)[C@@]1(C(C)C)CCN(C(=O)Cc2cc(C)on2)C1. The number of hydrogen-bond donors (Lipinski definition) is 0. The smallest absolute Gasteiger partial charge is 0.314 e. The van der Waals surface area contributed by atoms with Crippen LogP contribution in [0.2, 0.25) is 0 Å². The lowest BCUT2D eigenvalue weighted by Crippen LogP contribution is -2.42. The molecule has 2 rings (SSSR count). The standard InChI is InChI=1S/C16H24N2O4/c1-5-21-15(20)16(11(2)3)6-7-18(10-16)14(19)9-13-8-12(4)22-17-13/h8,11H,5-7,9-10H2,1-4H3/t16-/m0/s1. The maximum Gasteiger partial charge on any atom is 0.314 e. The topological polar surface area (TPSA) is 72.6 Å². The minimum absolute atomic E-state index is 0.0277. The summed E-state index contributed by atoms with van der Waals surface area (Å²) in [6, 6.07) is 1.76. The van der Waals surface area contributed by atoms with E-state index in [4.69, 9.17) is 9.26 Å². The van der Waals surface area contributed by atoms with Gasteiger partial charge in [-0.25, -0.2) is 0 Å². The van der Waals surface area contributed by atoms with Crippen molar-refractivity contribution in [2.45, 2.75) is 40.5 Å². The van der Waals surface area contributed by atoms with Crippen LogP contribution in [0.3, 0.4) is 0 Å². The highest BCUT2D eigenvalue weighted by molar-refractivity contribution is 5.82. The monoisotopic (exact) mass is 308 g/mol. The summed E-state index contributed by atoms with van der Waals surface area (Å²) in [6.45, 7) is 8.96. The van der Waals surface area contributed by atoms with Gasteiger partial charge < -0.3 is 14.2 Å². The zero-order valence-electron chi connectivity index (χ0n) is 13.7. The van der Waals surface area contributed by atoms with E-state index in [-0.39, 0.29) is 24.2 Å². The Balaban J connectivity index is 2.06. The summed E-state index contributed by atoms with van der Waals surface area (Å²) in [4.78, 5) is 26.5. The molecule has 0 radical (unpaired) electrons. The molecule has 0 spiro atoms. The molecule has 1 atom stereocenters. The molecule has 0 unspecified atom stereocenters. The van der Waals surface area contributed by atoms with Crippen molar-refractivity contribution in [3.63, 3.8) is 0 Å². The fourth-order valence-corrected chi connectivity index (χ4v) is 2.96. The summed E-state index contributed by atoms with van der Waals surface area (Å²) in [7, 11) is 0. The molecule has 1 fully saturated rings. The number of rotatable bonds is 5. The lowest BCUT2D eigenvalue weighted by Gasteiger charge is -2.30. The second-order valence-corrected chi connectivity index (χ2v) is 6.20. The van der Waals surface area contributed by atoms with E-state index >= 15 is 0 Å². The number of carbonyl (C=O) groups is 2. The van der Waals surface area contributed by atoms with Gasteiger partial charge in [0.2, 0.25) is 5.91 Å². The molecular weight excluding hydrogens is 284 g/mol. The Labute approximate surface area is 130 Å². The van der Waals surface area contributed by atoms with Gasteiger partial charge in [0.05, 0.1) is 24.1 Å². The number of esters is 1. The van der Waals surface area contributed by atoms with Crippen LogP contribution < -0.4 is 0 Å². The summed E-state index contributed by atoms with van der Waals surface area (Å²) < 4.78 is 10.2. The molecule has 1 aromatic heterocycles. The maximum absolute atomic E-state index is 12.4. The van der Waals surface area contributed by atoms with E-state index in [1.54, 1.807) is 24.8 Å². The predicted molar refractivity (Wildman–Crippen MR) is 80.0 cm³/mol. The lowest BCUT2D eigenvalue weighted by atomic mass is 9.76. The summed E-state index contributed by atoms with van der Waals surface area (Å²) in [5, 5.41) is 3.85. The van der Waals surface area contributed by atoms with E-state index in [0.29, 0.717) is 37.6 Å². The number of ether oxygens (including phenoxy) is 1. The third kappa shape index (κ3) is 3.15. The van der Waals surface area contributed by atoms with Crippen molar-refractivity contribution in [3.05, 3.63) is 17.5 Å². The first-order valence-electron chi connectivity index (χ1n) is 7.76. The Kier molecular flexibility index (Phi) is 4.88. The van der Waals surface area contributed by atoms with E-state index in [2.05, 4.69) is 5.16 Å². The van der Waals surface area contributed by atoms with Crippen LogP contribution in [0, 0.1) is 18.3 Å². The van der Waals surface area contributed by atoms with Gasteiger partial charge in [0.1, 0.15) is 5.76 Å². The Morgan fingerprint density at radius 1 is 1.50 bits per heavy atom. The number of likely N-dealkylation sites (tertiary alicyclic amines) is 1. The molecule has 0 N–H and O–H groups in total. The Bertz CT molecular complexity index is 552. The number of amides is 1. The van der Waals surface area contributed by atoms with Crippen LogP contribution in [0.15, 0.2) is 10.6 Å². The largest absolute Gasteiger partial charge is 0.466 e. The van der Waals surface area contributed by atoms with Crippen molar-refractivity contribution in [1.82, 2.24) is 10.1 Å². The maximum atomic E-state index is 12.4. The number of carbonyl (C=O) groups excluding carboxylic acids is 2. The molecule has 0 aliphatic carbocycles. The molecule has 1 aliphatic heterocycles. The number of aryl methyl sites for hydroxylation is 1. The highest BCUT2D eigenvalue weighted by Gasteiger charge is 2.49.